The van der Waals surface area contributed by atoms with Gasteiger partial charge >= 0.3 is 6.01 Å². The second-order valence-corrected chi connectivity index (χ2v) is 7.90. The first kappa shape index (κ1) is 17.7. The third kappa shape index (κ3) is 4.17. The van der Waals surface area contributed by atoms with Crippen LogP contribution in [0, 0.1) is 0 Å². The highest BCUT2D eigenvalue weighted by atomic mass is 16.5. The van der Waals surface area contributed by atoms with E-state index in [0.29, 0.717) is 11.6 Å². The molecule has 0 aromatic carbocycles. The number of nitrogens with zero attached hydrogens (tertiary/aromatic N) is 4. The lowest BCUT2D eigenvalue weighted by molar-refractivity contribution is 0.0701. The molecule has 0 bridgehead atoms. The molecule has 4 rings (SSSR count). The minimum Gasteiger partial charge on any atom is -0.460 e. The zero-order valence-electron chi connectivity index (χ0n) is 15.6. The fraction of sp³-hybridized carbons (Fsp3) is 0.750. The molecule has 2 saturated heterocycles. The summed E-state index contributed by atoms with van der Waals surface area (Å²) in [6, 6.07) is 1.20. The van der Waals surface area contributed by atoms with Gasteiger partial charge in [0.15, 0.2) is 0 Å². The van der Waals surface area contributed by atoms with Crippen molar-refractivity contribution < 1.29 is 9.53 Å². The monoisotopic (exact) mass is 358 g/mol. The maximum atomic E-state index is 12.5. The summed E-state index contributed by atoms with van der Waals surface area (Å²) in [4.78, 5) is 25.6. The Bertz CT molecular complexity index is 586. The number of carbonyl (C=O) groups is 1. The number of hydrogen-bond donors (Lipinski definition) is 0. The fourth-order valence-electron chi connectivity index (χ4n) is 4.54. The van der Waals surface area contributed by atoms with Gasteiger partial charge in [-0.3, -0.25) is 4.79 Å². The van der Waals surface area contributed by atoms with Crippen LogP contribution in [0.2, 0.25) is 0 Å². The molecule has 0 radical (unpaired) electrons. The first-order valence-electron chi connectivity index (χ1n) is 10.3. The topological polar surface area (TPSA) is 58.6 Å². The predicted molar refractivity (Wildman–Crippen MR) is 99.3 cm³/mol. The van der Waals surface area contributed by atoms with E-state index in [-0.39, 0.29) is 12.0 Å². The van der Waals surface area contributed by atoms with Crippen molar-refractivity contribution in [3.63, 3.8) is 0 Å². The SMILES string of the molecule is O=C(c1cnc(OC2CCN(C3CCCC3)CC2)nc1)N1CCCCC1. The van der Waals surface area contributed by atoms with Crippen LogP contribution in [-0.4, -0.2) is 64.0 Å². The van der Waals surface area contributed by atoms with Crippen LogP contribution in [0.25, 0.3) is 0 Å². The number of ether oxygens (including phenoxy) is 1. The highest BCUT2D eigenvalue weighted by Crippen LogP contribution is 2.27. The van der Waals surface area contributed by atoms with Gasteiger partial charge in [-0.1, -0.05) is 12.8 Å². The molecule has 0 unspecified atom stereocenters. The third-order valence-electron chi connectivity index (χ3n) is 6.11. The van der Waals surface area contributed by atoms with Crippen molar-refractivity contribution in [1.29, 1.82) is 0 Å². The molecule has 3 heterocycles. The smallest absolute Gasteiger partial charge is 0.316 e. The molecule has 3 aliphatic rings. The molecule has 1 aromatic heterocycles. The standard InChI is InChI=1S/C20H30N4O2/c25-19(24-10-4-1-5-11-24)16-14-21-20(22-15-16)26-18-8-12-23(13-9-18)17-6-2-3-7-17/h14-15,17-18H,1-13H2. The maximum absolute atomic E-state index is 12.5. The summed E-state index contributed by atoms with van der Waals surface area (Å²) in [5.41, 5.74) is 0.565. The van der Waals surface area contributed by atoms with Gasteiger partial charge in [0.2, 0.25) is 0 Å². The Morgan fingerprint density at radius 2 is 1.54 bits per heavy atom. The summed E-state index contributed by atoms with van der Waals surface area (Å²) in [7, 11) is 0. The molecule has 0 N–H and O–H groups in total. The first-order valence-corrected chi connectivity index (χ1v) is 10.3. The highest BCUT2D eigenvalue weighted by Gasteiger charge is 2.28. The lowest BCUT2D eigenvalue weighted by Crippen LogP contribution is -2.43. The van der Waals surface area contributed by atoms with E-state index in [0.717, 1.165) is 57.9 Å². The normalized spacial score (nSPS) is 23.3. The van der Waals surface area contributed by atoms with Crippen molar-refractivity contribution >= 4 is 5.91 Å². The third-order valence-corrected chi connectivity index (χ3v) is 6.11. The van der Waals surface area contributed by atoms with Crippen LogP contribution in [0.4, 0.5) is 0 Å². The van der Waals surface area contributed by atoms with Crippen molar-refractivity contribution in [2.24, 2.45) is 0 Å². The number of rotatable bonds is 4. The Hall–Kier alpha value is -1.69. The van der Waals surface area contributed by atoms with E-state index in [1.807, 2.05) is 4.90 Å². The first-order chi connectivity index (χ1) is 12.8. The van der Waals surface area contributed by atoms with E-state index >= 15 is 0 Å². The van der Waals surface area contributed by atoms with Crippen molar-refractivity contribution in [2.75, 3.05) is 26.2 Å². The molecule has 26 heavy (non-hydrogen) atoms. The van der Waals surface area contributed by atoms with Crippen LogP contribution in [0.15, 0.2) is 12.4 Å². The van der Waals surface area contributed by atoms with Crippen LogP contribution < -0.4 is 4.74 Å². The summed E-state index contributed by atoms with van der Waals surface area (Å²) in [5.74, 6) is 0.0427. The fourth-order valence-corrected chi connectivity index (χ4v) is 4.54. The molecular weight excluding hydrogens is 328 g/mol. The van der Waals surface area contributed by atoms with E-state index in [4.69, 9.17) is 4.74 Å². The lowest BCUT2D eigenvalue weighted by atomic mass is 10.0. The van der Waals surface area contributed by atoms with Crippen LogP contribution in [-0.2, 0) is 0 Å². The Labute approximate surface area is 155 Å². The van der Waals surface area contributed by atoms with Crippen molar-refractivity contribution in [3.05, 3.63) is 18.0 Å². The van der Waals surface area contributed by atoms with Crippen molar-refractivity contribution in [2.45, 2.75) is 69.9 Å². The summed E-state index contributed by atoms with van der Waals surface area (Å²) < 4.78 is 5.97. The quantitative estimate of drug-likeness (QED) is 0.828. The Morgan fingerprint density at radius 3 is 2.19 bits per heavy atom. The maximum Gasteiger partial charge on any atom is 0.316 e. The average molecular weight is 358 g/mol. The van der Waals surface area contributed by atoms with Crippen LogP contribution in [0.1, 0.15) is 68.1 Å². The van der Waals surface area contributed by atoms with Crippen molar-refractivity contribution in [3.8, 4) is 6.01 Å². The van der Waals surface area contributed by atoms with Gasteiger partial charge < -0.3 is 14.5 Å². The van der Waals surface area contributed by atoms with E-state index in [2.05, 4.69) is 14.9 Å². The van der Waals surface area contributed by atoms with Crippen LogP contribution in [0.3, 0.4) is 0 Å². The molecule has 6 nitrogen and oxygen atoms in total. The minimum absolute atomic E-state index is 0.0427. The molecule has 1 amide bonds. The summed E-state index contributed by atoms with van der Waals surface area (Å²) in [6.45, 7) is 3.91. The molecule has 6 heteroatoms. The van der Waals surface area contributed by atoms with E-state index in [1.165, 1.54) is 32.1 Å². The number of amides is 1. The number of piperidine rings is 2. The zero-order valence-corrected chi connectivity index (χ0v) is 15.6. The number of aromatic nitrogens is 2. The molecule has 1 aliphatic carbocycles. The van der Waals surface area contributed by atoms with Crippen LogP contribution in [0.5, 0.6) is 6.01 Å². The second-order valence-electron chi connectivity index (χ2n) is 7.90. The van der Waals surface area contributed by atoms with Gasteiger partial charge in [-0.15, -0.1) is 0 Å². The summed E-state index contributed by atoms with van der Waals surface area (Å²) >= 11 is 0. The van der Waals surface area contributed by atoms with Gasteiger partial charge in [-0.25, -0.2) is 9.97 Å². The molecule has 0 spiro atoms. The van der Waals surface area contributed by atoms with Gasteiger partial charge in [0.1, 0.15) is 6.10 Å². The zero-order chi connectivity index (χ0) is 17.8. The molecule has 1 aromatic rings. The van der Waals surface area contributed by atoms with Crippen molar-refractivity contribution in [1.82, 2.24) is 19.8 Å². The molecule has 2 aliphatic heterocycles. The van der Waals surface area contributed by atoms with Gasteiger partial charge in [-0.2, -0.15) is 0 Å². The number of carbonyl (C=O) groups excluding carboxylic acids is 1. The lowest BCUT2D eigenvalue weighted by Gasteiger charge is -2.35. The largest absolute Gasteiger partial charge is 0.460 e. The van der Waals surface area contributed by atoms with E-state index in [9.17, 15) is 4.79 Å². The Morgan fingerprint density at radius 1 is 0.885 bits per heavy atom. The van der Waals surface area contributed by atoms with Gasteiger partial charge in [-0.05, 0) is 44.9 Å². The van der Waals surface area contributed by atoms with Gasteiger partial charge in [0.05, 0.1) is 5.56 Å². The molecule has 0 atom stereocenters. The Balaban J connectivity index is 1.27. The van der Waals surface area contributed by atoms with Gasteiger partial charge in [0.25, 0.3) is 5.91 Å². The molecule has 1 saturated carbocycles. The van der Waals surface area contributed by atoms with E-state index in [1.54, 1.807) is 12.4 Å². The summed E-state index contributed by atoms with van der Waals surface area (Å²) in [5, 5.41) is 0. The minimum atomic E-state index is 0.0427. The number of hydrogen-bond acceptors (Lipinski definition) is 5. The van der Waals surface area contributed by atoms with Gasteiger partial charge in [0, 0.05) is 44.6 Å². The Kier molecular flexibility index (Phi) is 5.68. The average Bonchev–Trinajstić information content (AvgIpc) is 3.24. The van der Waals surface area contributed by atoms with Crippen LogP contribution >= 0.6 is 0 Å². The molecule has 3 fully saturated rings. The van der Waals surface area contributed by atoms with E-state index < -0.39 is 0 Å². The predicted octanol–water partition coefficient (Wildman–Crippen LogP) is 2.89. The highest BCUT2D eigenvalue weighted by molar-refractivity contribution is 5.93. The second kappa shape index (κ2) is 8.33. The summed E-state index contributed by atoms with van der Waals surface area (Å²) in [6.07, 6.45) is 14.4. The molecule has 142 valence electrons. The number of likely N-dealkylation sites (tertiary alicyclic amines) is 2. The molecular formula is C20H30N4O2.